The zero-order chi connectivity index (χ0) is 37.4. The van der Waals surface area contributed by atoms with Crippen molar-refractivity contribution >= 4 is 5.91 Å². The minimum atomic E-state index is -1.57. The Balaban J connectivity index is 2.24. The molecule has 7 atom stereocenters. The highest BCUT2D eigenvalue weighted by molar-refractivity contribution is 5.76. The highest BCUT2D eigenvalue weighted by Crippen LogP contribution is 2.22. The molecule has 0 aromatic rings. The van der Waals surface area contributed by atoms with E-state index in [1.165, 1.54) is 116 Å². The second-order valence-electron chi connectivity index (χ2n) is 14.8. The van der Waals surface area contributed by atoms with Crippen molar-refractivity contribution in [1.82, 2.24) is 5.32 Å². The lowest BCUT2D eigenvalue weighted by Gasteiger charge is -2.40. The first-order valence-electron chi connectivity index (χ1n) is 21.1. The maximum absolute atomic E-state index is 12.8. The fourth-order valence-electron chi connectivity index (χ4n) is 6.59. The third-order valence-electron chi connectivity index (χ3n) is 10.0. The van der Waals surface area contributed by atoms with Crippen molar-refractivity contribution in [2.75, 3.05) is 13.2 Å². The van der Waals surface area contributed by atoms with Crippen molar-refractivity contribution < 1.29 is 39.8 Å². The molecule has 0 aliphatic carbocycles. The van der Waals surface area contributed by atoms with E-state index in [2.05, 4.69) is 31.3 Å². The molecule has 9 heteroatoms. The first-order valence-corrected chi connectivity index (χ1v) is 21.1. The van der Waals surface area contributed by atoms with Crippen LogP contribution in [0.25, 0.3) is 0 Å². The molecule has 0 spiro atoms. The number of hydrogen-bond donors (Lipinski definition) is 6. The fourth-order valence-corrected chi connectivity index (χ4v) is 6.59. The van der Waals surface area contributed by atoms with Crippen LogP contribution in [-0.4, -0.2) is 87.5 Å². The smallest absolute Gasteiger partial charge is 0.220 e. The molecule has 1 saturated heterocycles. The molecule has 7 unspecified atom stereocenters. The van der Waals surface area contributed by atoms with Gasteiger partial charge in [0.2, 0.25) is 5.91 Å². The van der Waals surface area contributed by atoms with Gasteiger partial charge in [-0.1, -0.05) is 173 Å². The topological polar surface area (TPSA) is 149 Å². The van der Waals surface area contributed by atoms with Crippen molar-refractivity contribution in [3.8, 4) is 0 Å². The van der Waals surface area contributed by atoms with Crippen LogP contribution in [0.5, 0.6) is 0 Å². The number of aliphatic hydroxyl groups is 5. The molecule has 0 bridgehead atoms. The maximum atomic E-state index is 12.8. The van der Waals surface area contributed by atoms with Crippen LogP contribution in [0, 0.1) is 0 Å². The summed E-state index contributed by atoms with van der Waals surface area (Å²) in [6.45, 7) is 3.64. The molecule has 1 fully saturated rings. The fraction of sp³-hybridized carbons (Fsp3) is 0.881. The Morgan fingerprint density at radius 3 is 1.61 bits per heavy atom. The van der Waals surface area contributed by atoms with Crippen molar-refractivity contribution in [2.24, 2.45) is 0 Å². The molecule has 1 aliphatic heterocycles. The minimum Gasteiger partial charge on any atom is -0.394 e. The van der Waals surface area contributed by atoms with Gasteiger partial charge in [0.15, 0.2) is 6.29 Å². The summed E-state index contributed by atoms with van der Waals surface area (Å²) >= 11 is 0. The van der Waals surface area contributed by atoms with Gasteiger partial charge in [-0.2, -0.15) is 0 Å². The number of unbranched alkanes of at least 4 members (excludes halogenated alkanes) is 22. The Kier molecular flexibility index (Phi) is 31.1. The summed E-state index contributed by atoms with van der Waals surface area (Å²) in [6.07, 6.45) is 31.2. The average Bonchev–Trinajstić information content (AvgIpc) is 3.13. The molecule has 51 heavy (non-hydrogen) atoms. The van der Waals surface area contributed by atoms with Crippen LogP contribution < -0.4 is 5.32 Å². The quantitative estimate of drug-likeness (QED) is 0.0289. The molecule has 6 N–H and O–H groups in total. The lowest BCUT2D eigenvalue weighted by atomic mass is 9.99. The Morgan fingerprint density at radius 2 is 1.12 bits per heavy atom. The van der Waals surface area contributed by atoms with E-state index < -0.39 is 49.5 Å². The van der Waals surface area contributed by atoms with Gasteiger partial charge in [0.1, 0.15) is 24.4 Å². The number of carbonyl (C=O) groups is 1. The lowest BCUT2D eigenvalue weighted by Crippen LogP contribution is -2.60. The van der Waals surface area contributed by atoms with Crippen LogP contribution in [0.4, 0.5) is 0 Å². The molecule has 0 radical (unpaired) electrons. The average molecular weight is 726 g/mol. The van der Waals surface area contributed by atoms with E-state index in [4.69, 9.17) is 9.47 Å². The lowest BCUT2D eigenvalue weighted by molar-refractivity contribution is -0.302. The van der Waals surface area contributed by atoms with Gasteiger partial charge in [-0.05, 0) is 25.7 Å². The summed E-state index contributed by atoms with van der Waals surface area (Å²) in [5.74, 6) is -0.190. The SMILES string of the molecule is CCC/C=C/CC/C=C/C(O)C(COC1OC(CO)C(O)C(O)C1O)NC(=O)CCCCCCCCCCCCCCCCCCCCCCC. The summed E-state index contributed by atoms with van der Waals surface area (Å²) in [5.41, 5.74) is 0. The van der Waals surface area contributed by atoms with E-state index in [-0.39, 0.29) is 12.5 Å². The van der Waals surface area contributed by atoms with E-state index in [0.29, 0.717) is 6.42 Å². The van der Waals surface area contributed by atoms with Crippen LogP contribution in [0.2, 0.25) is 0 Å². The van der Waals surface area contributed by atoms with Crippen molar-refractivity contribution in [3.63, 3.8) is 0 Å². The van der Waals surface area contributed by atoms with E-state index in [1.54, 1.807) is 6.08 Å². The summed E-state index contributed by atoms with van der Waals surface area (Å²) in [7, 11) is 0. The molecule has 1 amide bonds. The van der Waals surface area contributed by atoms with Crippen LogP contribution in [0.3, 0.4) is 0 Å². The minimum absolute atomic E-state index is 0.190. The zero-order valence-electron chi connectivity index (χ0n) is 32.6. The van der Waals surface area contributed by atoms with E-state index >= 15 is 0 Å². The van der Waals surface area contributed by atoms with Crippen molar-refractivity contribution in [1.29, 1.82) is 0 Å². The second-order valence-corrected chi connectivity index (χ2v) is 14.8. The zero-order valence-corrected chi connectivity index (χ0v) is 32.6. The van der Waals surface area contributed by atoms with Crippen molar-refractivity contribution in [3.05, 3.63) is 24.3 Å². The summed E-state index contributed by atoms with van der Waals surface area (Å²) in [6, 6.07) is -0.813. The van der Waals surface area contributed by atoms with Gasteiger partial charge in [-0.25, -0.2) is 0 Å². The van der Waals surface area contributed by atoms with Gasteiger partial charge in [-0.15, -0.1) is 0 Å². The van der Waals surface area contributed by atoms with Gasteiger partial charge in [0, 0.05) is 6.42 Å². The second kappa shape index (κ2) is 33.3. The van der Waals surface area contributed by atoms with Crippen LogP contribution in [0.1, 0.15) is 181 Å². The molecule has 1 aliphatic rings. The Bertz CT molecular complexity index is 853. The molecular weight excluding hydrogens is 646 g/mol. The number of carbonyl (C=O) groups excluding carboxylic acids is 1. The first kappa shape index (κ1) is 47.7. The van der Waals surface area contributed by atoms with E-state index in [1.807, 2.05) is 6.08 Å². The van der Waals surface area contributed by atoms with Crippen LogP contribution in [0.15, 0.2) is 24.3 Å². The largest absolute Gasteiger partial charge is 0.394 e. The number of ether oxygens (including phenoxy) is 2. The van der Waals surface area contributed by atoms with Crippen molar-refractivity contribution in [2.45, 2.75) is 224 Å². The standard InChI is InChI=1S/C42H79NO8/c1-3-5-7-9-11-12-13-14-15-16-17-18-19-20-21-22-23-24-26-28-30-32-38(46)43-35(36(45)31-29-27-25-10-8-6-4-2)34-50-42-41(49)40(48)39(47)37(33-44)51-42/h8,10,29,31,35-37,39-42,44-45,47-49H,3-7,9,11-28,30,32-34H2,1-2H3,(H,43,46)/b10-8+,31-29+. The predicted octanol–water partition coefficient (Wildman–Crippen LogP) is 7.94. The highest BCUT2D eigenvalue weighted by Gasteiger charge is 2.44. The Hall–Kier alpha value is -1.33. The van der Waals surface area contributed by atoms with E-state index in [0.717, 1.165) is 44.9 Å². The predicted molar refractivity (Wildman–Crippen MR) is 207 cm³/mol. The maximum Gasteiger partial charge on any atom is 0.220 e. The summed E-state index contributed by atoms with van der Waals surface area (Å²) in [4.78, 5) is 12.8. The van der Waals surface area contributed by atoms with Crippen LogP contribution >= 0.6 is 0 Å². The molecule has 0 saturated carbocycles. The molecular formula is C42H79NO8. The number of aliphatic hydroxyl groups excluding tert-OH is 5. The number of rotatable bonds is 34. The number of amides is 1. The summed E-state index contributed by atoms with van der Waals surface area (Å²) < 4.78 is 11.1. The normalized spacial score (nSPS) is 22.2. The van der Waals surface area contributed by atoms with Gasteiger partial charge in [-0.3, -0.25) is 4.79 Å². The Morgan fingerprint density at radius 1 is 0.647 bits per heavy atom. The number of nitrogens with one attached hydrogen (secondary N) is 1. The van der Waals surface area contributed by atoms with Gasteiger partial charge in [0.25, 0.3) is 0 Å². The van der Waals surface area contributed by atoms with Gasteiger partial charge < -0.3 is 40.3 Å². The monoisotopic (exact) mass is 726 g/mol. The molecule has 300 valence electrons. The van der Waals surface area contributed by atoms with E-state index in [9.17, 15) is 30.3 Å². The molecule has 1 rings (SSSR count). The molecule has 0 aromatic heterocycles. The molecule has 1 heterocycles. The third kappa shape index (κ3) is 24.6. The summed E-state index contributed by atoms with van der Waals surface area (Å²) in [5, 5.41) is 53.7. The highest BCUT2D eigenvalue weighted by atomic mass is 16.7. The van der Waals surface area contributed by atoms with Crippen LogP contribution in [-0.2, 0) is 14.3 Å². The molecule has 9 nitrogen and oxygen atoms in total. The van der Waals surface area contributed by atoms with Gasteiger partial charge >= 0.3 is 0 Å². The first-order chi connectivity index (χ1) is 24.8. The Labute approximate surface area is 311 Å². The number of allylic oxidation sites excluding steroid dienone is 3. The number of hydrogen-bond acceptors (Lipinski definition) is 8. The third-order valence-corrected chi connectivity index (χ3v) is 10.0. The van der Waals surface area contributed by atoms with Gasteiger partial charge in [0.05, 0.1) is 25.4 Å². The molecule has 0 aromatic carbocycles.